The van der Waals surface area contributed by atoms with Crippen molar-refractivity contribution in [2.45, 2.75) is 25.8 Å². The lowest BCUT2D eigenvalue weighted by atomic mass is 10.1. The third kappa shape index (κ3) is 4.01. The maximum Gasteiger partial charge on any atom is 0.251 e. The molecular weight excluding hydrogens is 200 g/mol. The maximum absolute atomic E-state index is 12.1. The highest BCUT2D eigenvalue weighted by molar-refractivity contribution is 4.78. The van der Waals surface area contributed by atoms with Crippen LogP contribution in [0, 0.1) is 0 Å². The average molecular weight is 221 g/mol. The van der Waals surface area contributed by atoms with E-state index in [1.807, 2.05) is 4.90 Å². The van der Waals surface area contributed by atoms with E-state index in [0.29, 0.717) is 12.6 Å². The van der Waals surface area contributed by atoms with Gasteiger partial charge in [0.25, 0.3) is 6.43 Å². The predicted octanol–water partition coefficient (Wildman–Crippen LogP) is 0.606. The van der Waals surface area contributed by atoms with Crippen LogP contribution in [0.25, 0.3) is 0 Å². The monoisotopic (exact) mass is 221 g/mol. The second-order valence-electron chi connectivity index (χ2n) is 4.03. The lowest BCUT2D eigenvalue weighted by molar-refractivity contribution is 0.0438. The van der Waals surface area contributed by atoms with Crippen LogP contribution in [-0.2, 0) is 0 Å². The third-order valence-corrected chi connectivity index (χ3v) is 3.06. The summed E-state index contributed by atoms with van der Waals surface area (Å²) in [4.78, 5) is 4.13. The zero-order chi connectivity index (χ0) is 11.3. The van der Waals surface area contributed by atoms with Crippen LogP contribution < -0.4 is 5.73 Å². The summed E-state index contributed by atoms with van der Waals surface area (Å²) in [5, 5.41) is 0. The molecule has 15 heavy (non-hydrogen) atoms. The van der Waals surface area contributed by atoms with Gasteiger partial charge < -0.3 is 5.73 Å². The molecule has 0 aromatic carbocycles. The quantitative estimate of drug-likeness (QED) is 0.738. The number of hydrogen-bond donors (Lipinski definition) is 1. The normalized spacial score (nSPS) is 22.2. The predicted molar refractivity (Wildman–Crippen MR) is 57.2 cm³/mol. The van der Waals surface area contributed by atoms with Crippen molar-refractivity contribution < 1.29 is 8.78 Å². The van der Waals surface area contributed by atoms with Gasteiger partial charge in [-0.15, -0.1) is 0 Å². The van der Waals surface area contributed by atoms with Crippen molar-refractivity contribution in [2.75, 3.05) is 39.3 Å². The minimum absolute atomic E-state index is 0.0900. The Morgan fingerprint density at radius 1 is 1.20 bits per heavy atom. The van der Waals surface area contributed by atoms with Gasteiger partial charge in [-0.3, -0.25) is 9.80 Å². The van der Waals surface area contributed by atoms with Crippen molar-refractivity contribution in [2.24, 2.45) is 5.73 Å². The van der Waals surface area contributed by atoms with E-state index in [0.717, 1.165) is 32.6 Å². The highest BCUT2D eigenvalue weighted by Gasteiger charge is 2.23. The summed E-state index contributed by atoms with van der Waals surface area (Å²) in [7, 11) is 0. The van der Waals surface area contributed by atoms with Gasteiger partial charge >= 0.3 is 0 Å². The van der Waals surface area contributed by atoms with E-state index >= 15 is 0 Å². The Balaban J connectivity index is 2.28. The molecule has 0 saturated carbocycles. The van der Waals surface area contributed by atoms with Crippen molar-refractivity contribution >= 4 is 0 Å². The molecule has 5 heteroatoms. The van der Waals surface area contributed by atoms with Crippen LogP contribution in [0.1, 0.15) is 13.3 Å². The zero-order valence-corrected chi connectivity index (χ0v) is 9.33. The number of nitrogens with two attached hydrogens (primary N) is 1. The maximum atomic E-state index is 12.1. The Hall–Kier alpha value is -0.260. The molecule has 90 valence electrons. The van der Waals surface area contributed by atoms with Gasteiger partial charge in [-0.25, -0.2) is 8.78 Å². The number of rotatable bonds is 5. The first-order valence-electron chi connectivity index (χ1n) is 5.62. The minimum Gasteiger partial charge on any atom is -0.329 e. The van der Waals surface area contributed by atoms with E-state index in [1.54, 1.807) is 0 Å². The van der Waals surface area contributed by atoms with Crippen molar-refractivity contribution in [1.29, 1.82) is 0 Å². The second-order valence-corrected chi connectivity index (χ2v) is 4.03. The molecular formula is C10H21F2N3. The van der Waals surface area contributed by atoms with Crippen LogP contribution in [0.5, 0.6) is 0 Å². The fourth-order valence-corrected chi connectivity index (χ4v) is 2.08. The number of nitrogens with zero attached hydrogens (tertiary/aromatic N) is 2. The first-order chi connectivity index (χ1) is 7.17. The van der Waals surface area contributed by atoms with Crippen LogP contribution in [0.4, 0.5) is 8.78 Å². The molecule has 1 rings (SSSR count). The van der Waals surface area contributed by atoms with Gasteiger partial charge in [-0.2, -0.15) is 0 Å². The second kappa shape index (κ2) is 6.35. The molecule has 0 bridgehead atoms. The summed E-state index contributed by atoms with van der Waals surface area (Å²) in [5.41, 5.74) is 5.65. The van der Waals surface area contributed by atoms with Crippen LogP contribution in [0.2, 0.25) is 0 Å². The molecule has 1 atom stereocenters. The van der Waals surface area contributed by atoms with Gasteiger partial charge in [-0.05, 0) is 6.42 Å². The van der Waals surface area contributed by atoms with Crippen LogP contribution >= 0.6 is 0 Å². The zero-order valence-electron chi connectivity index (χ0n) is 9.33. The van der Waals surface area contributed by atoms with Crippen molar-refractivity contribution in [3.8, 4) is 0 Å². The van der Waals surface area contributed by atoms with Crippen molar-refractivity contribution in [3.05, 3.63) is 0 Å². The minimum atomic E-state index is -2.21. The highest BCUT2D eigenvalue weighted by Crippen LogP contribution is 2.09. The number of alkyl halides is 2. The fraction of sp³-hybridized carbons (Fsp3) is 1.00. The van der Waals surface area contributed by atoms with Crippen LogP contribution in [0.3, 0.4) is 0 Å². The van der Waals surface area contributed by atoms with E-state index in [-0.39, 0.29) is 6.54 Å². The highest BCUT2D eigenvalue weighted by atomic mass is 19.3. The molecule has 0 aromatic rings. The van der Waals surface area contributed by atoms with E-state index in [1.165, 1.54) is 0 Å². The van der Waals surface area contributed by atoms with Gasteiger partial charge in [0, 0.05) is 38.8 Å². The van der Waals surface area contributed by atoms with E-state index in [4.69, 9.17) is 5.73 Å². The molecule has 2 N–H and O–H groups in total. The van der Waals surface area contributed by atoms with Crippen molar-refractivity contribution in [1.82, 2.24) is 9.80 Å². The average Bonchev–Trinajstić information content (AvgIpc) is 2.21. The van der Waals surface area contributed by atoms with Crippen LogP contribution in [0.15, 0.2) is 0 Å². The summed E-state index contributed by atoms with van der Waals surface area (Å²) >= 11 is 0. The lowest BCUT2D eigenvalue weighted by Crippen LogP contribution is -2.52. The van der Waals surface area contributed by atoms with Gasteiger partial charge in [0.2, 0.25) is 0 Å². The summed E-state index contributed by atoms with van der Waals surface area (Å²) in [5.74, 6) is 0. The molecule has 0 spiro atoms. The molecule has 0 amide bonds. The standard InChI is InChI=1S/C10H21F2N3/c1-2-9(7-13)15-5-3-14(4-6-15)8-10(11)12/h9-10H,2-8,13H2,1H3. The Bertz CT molecular complexity index is 166. The molecule has 1 fully saturated rings. The van der Waals surface area contributed by atoms with Gasteiger partial charge in [0.15, 0.2) is 0 Å². The topological polar surface area (TPSA) is 32.5 Å². The Kier molecular flexibility index (Phi) is 5.42. The molecule has 1 saturated heterocycles. The Morgan fingerprint density at radius 2 is 1.80 bits per heavy atom. The Labute approximate surface area is 90.2 Å². The third-order valence-electron chi connectivity index (χ3n) is 3.06. The first kappa shape index (κ1) is 12.8. The fourth-order valence-electron chi connectivity index (χ4n) is 2.08. The van der Waals surface area contributed by atoms with E-state index < -0.39 is 6.43 Å². The van der Waals surface area contributed by atoms with Gasteiger partial charge in [0.1, 0.15) is 0 Å². The summed E-state index contributed by atoms with van der Waals surface area (Å²) in [6, 6.07) is 0.415. The van der Waals surface area contributed by atoms with Gasteiger partial charge in [0.05, 0.1) is 6.54 Å². The molecule has 1 heterocycles. The van der Waals surface area contributed by atoms with Gasteiger partial charge in [-0.1, -0.05) is 6.92 Å². The molecule has 1 unspecified atom stereocenters. The summed E-state index contributed by atoms with van der Waals surface area (Å²) < 4.78 is 24.3. The van der Waals surface area contributed by atoms with Crippen LogP contribution in [-0.4, -0.2) is 61.5 Å². The summed E-state index contributed by atoms with van der Waals surface area (Å²) in [6.07, 6.45) is -1.18. The molecule has 0 aromatic heterocycles. The number of hydrogen-bond acceptors (Lipinski definition) is 3. The lowest BCUT2D eigenvalue weighted by Gasteiger charge is -2.38. The Morgan fingerprint density at radius 3 is 2.20 bits per heavy atom. The SMILES string of the molecule is CCC(CN)N1CCN(CC(F)F)CC1. The molecule has 0 radical (unpaired) electrons. The first-order valence-corrected chi connectivity index (χ1v) is 5.62. The van der Waals surface area contributed by atoms with E-state index in [9.17, 15) is 8.78 Å². The molecule has 0 aliphatic carbocycles. The number of piperazine rings is 1. The molecule has 1 aliphatic heterocycles. The smallest absolute Gasteiger partial charge is 0.251 e. The molecule has 3 nitrogen and oxygen atoms in total. The number of halogens is 2. The molecule has 1 aliphatic rings. The van der Waals surface area contributed by atoms with E-state index in [2.05, 4.69) is 11.8 Å². The van der Waals surface area contributed by atoms with Crippen molar-refractivity contribution in [3.63, 3.8) is 0 Å². The largest absolute Gasteiger partial charge is 0.329 e. The summed E-state index contributed by atoms with van der Waals surface area (Å²) in [6.45, 7) is 5.88.